The molecule has 0 saturated heterocycles. The molecule has 146 valence electrons. The highest BCUT2D eigenvalue weighted by Crippen LogP contribution is 2.35. The number of hydrogen-bond acceptors (Lipinski definition) is 7. The Morgan fingerprint density at radius 2 is 1.48 bits per heavy atom. The maximum absolute atomic E-state index is 12.4. The molecule has 0 aliphatic heterocycles. The van der Waals surface area contributed by atoms with Gasteiger partial charge in [-0.2, -0.15) is 0 Å². The van der Waals surface area contributed by atoms with Crippen LogP contribution in [0.1, 0.15) is 5.56 Å². The van der Waals surface area contributed by atoms with E-state index in [1.54, 1.807) is 30.3 Å². The Bertz CT molecular complexity index is 916. The van der Waals surface area contributed by atoms with Gasteiger partial charge in [-0.15, -0.1) is 12.6 Å². The third-order valence-corrected chi connectivity index (χ3v) is 4.97. The summed E-state index contributed by atoms with van der Waals surface area (Å²) < 4.78 is 48.1. The molecule has 0 aliphatic carbocycles. The average Bonchev–Trinajstić information content (AvgIpc) is 2.65. The summed E-state index contributed by atoms with van der Waals surface area (Å²) in [6, 6.07) is 8.04. The minimum atomic E-state index is -3.78. The van der Waals surface area contributed by atoms with Crippen LogP contribution in [0.4, 0.5) is 5.69 Å². The minimum absolute atomic E-state index is 0.360. The van der Waals surface area contributed by atoms with E-state index in [4.69, 9.17) is 18.9 Å². The van der Waals surface area contributed by atoms with E-state index in [0.717, 1.165) is 5.41 Å². The summed E-state index contributed by atoms with van der Waals surface area (Å²) in [5.74, 6) is 1.91. The van der Waals surface area contributed by atoms with Gasteiger partial charge in [-0.05, 0) is 24.3 Å². The lowest BCUT2D eigenvalue weighted by atomic mass is 10.1. The van der Waals surface area contributed by atoms with Crippen molar-refractivity contribution < 1.29 is 27.4 Å². The van der Waals surface area contributed by atoms with Gasteiger partial charge < -0.3 is 18.9 Å². The van der Waals surface area contributed by atoms with Gasteiger partial charge >= 0.3 is 0 Å². The third-order valence-electron chi connectivity index (χ3n) is 3.61. The fourth-order valence-electron chi connectivity index (χ4n) is 2.31. The van der Waals surface area contributed by atoms with Crippen molar-refractivity contribution in [2.45, 2.75) is 4.90 Å². The molecule has 0 bridgehead atoms. The van der Waals surface area contributed by atoms with Crippen LogP contribution in [-0.4, -0.2) is 36.9 Å². The predicted octanol–water partition coefficient (Wildman–Crippen LogP) is 3.42. The van der Waals surface area contributed by atoms with Crippen molar-refractivity contribution in [3.8, 4) is 23.0 Å². The largest absolute Gasteiger partial charge is 0.496 e. The van der Waals surface area contributed by atoms with Crippen molar-refractivity contribution in [3.05, 3.63) is 41.3 Å². The molecule has 0 heterocycles. The molecule has 0 saturated carbocycles. The smallest absolute Gasteiger partial charge is 0.255 e. The first kappa shape index (κ1) is 20.8. The van der Waals surface area contributed by atoms with Gasteiger partial charge in [-0.25, -0.2) is 8.42 Å². The lowest BCUT2D eigenvalue weighted by Crippen LogP contribution is -2.09. The highest BCUT2D eigenvalue weighted by molar-refractivity contribution is 7.95. The van der Waals surface area contributed by atoms with E-state index in [1.165, 1.54) is 34.5 Å². The number of anilines is 1. The molecule has 1 N–H and O–H groups in total. The molecule has 9 heteroatoms. The van der Waals surface area contributed by atoms with Crippen LogP contribution in [0.15, 0.2) is 40.6 Å². The van der Waals surface area contributed by atoms with Crippen molar-refractivity contribution in [1.82, 2.24) is 0 Å². The zero-order valence-corrected chi connectivity index (χ0v) is 17.1. The normalized spacial score (nSPS) is 11.3. The van der Waals surface area contributed by atoms with Crippen LogP contribution in [0.3, 0.4) is 0 Å². The number of nitrogens with one attached hydrogen (secondary N) is 1. The number of thiol groups is 1. The summed E-state index contributed by atoms with van der Waals surface area (Å²) in [4.78, 5) is 0.514. The van der Waals surface area contributed by atoms with Gasteiger partial charge in [0.1, 0.15) is 23.0 Å². The van der Waals surface area contributed by atoms with Crippen molar-refractivity contribution in [3.63, 3.8) is 0 Å². The summed E-state index contributed by atoms with van der Waals surface area (Å²) in [7, 11) is 2.20. The molecule has 27 heavy (non-hydrogen) atoms. The van der Waals surface area contributed by atoms with E-state index in [2.05, 4.69) is 17.4 Å². The molecule has 0 spiro atoms. The lowest BCUT2D eigenvalue weighted by molar-refractivity contribution is 0.374. The molecule has 0 aliphatic rings. The van der Waals surface area contributed by atoms with E-state index in [1.807, 2.05) is 0 Å². The maximum atomic E-state index is 12.4. The lowest BCUT2D eigenvalue weighted by Gasteiger charge is -2.12. The standard InChI is InChI=1S/C18H21NO6S2/c1-22-13-10-16(24-3)14(17(11-13)25-4)7-8-27(20,21)19-12-5-6-15(23-2)18(26)9-12/h5-11,19,26H,1-4H3. The Kier molecular flexibility index (Phi) is 6.86. The Morgan fingerprint density at radius 1 is 0.889 bits per heavy atom. The molecule has 0 aromatic heterocycles. The molecule has 0 atom stereocenters. The second kappa shape index (κ2) is 8.92. The highest BCUT2D eigenvalue weighted by Gasteiger charge is 2.13. The molecule has 2 aromatic carbocycles. The van der Waals surface area contributed by atoms with Crippen molar-refractivity contribution in [2.75, 3.05) is 33.2 Å². The summed E-state index contributed by atoms with van der Waals surface area (Å²) in [5, 5.41) is 1.03. The topological polar surface area (TPSA) is 83.1 Å². The zero-order valence-electron chi connectivity index (χ0n) is 15.3. The zero-order chi connectivity index (χ0) is 20.0. The molecule has 7 nitrogen and oxygen atoms in total. The van der Waals surface area contributed by atoms with E-state index >= 15 is 0 Å². The van der Waals surface area contributed by atoms with E-state index in [0.29, 0.717) is 39.1 Å². The van der Waals surface area contributed by atoms with Gasteiger partial charge in [0.15, 0.2) is 0 Å². The van der Waals surface area contributed by atoms with Crippen LogP contribution in [0.2, 0.25) is 0 Å². The van der Waals surface area contributed by atoms with Gasteiger partial charge in [0.05, 0.1) is 45.1 Å². The fraction of sp³-hybridized carbons (Fsp3) is 0.222. The number of benzene rings is 2. The van der Waals surface area contributed by atoms with Crippen molar-refractivity contribution >= 4 is 34.4 Å². The van der Waals surface area contributed by atoms with Crippen LogP contribution >= 0.6 is 12.6 Å². The first-order valence-electron chi connectivity index (χ1n) is 7.71. The molecule has 0 amide bonds. The minimum Gasteiger partial charge on any atom is -0.496 e. The maximum Gasteiger partial charge on any atom is 0.255 e. The first-order chi connectivity index (χ1) is 12.8. The second-order valence-corrected chi connectivity index (χ2v) is 7.33. The molecule has 2 rings (SSSR count). The Hall–Kier alpha value is -2.52. The quantitative estimate of drug-likeness (QED) is 0.648. The summed E-state index contributed by atoms with van der Waals surface area (Å²) in [5.41, 5.74) is 0.829. The average molecular weight is 412 g/mol. The second-order valence-electron chi connectivity index (χ2n) is 5.28. The van der Waals surface area contributed by atoms with Crippen molar-refractivity contribution in [1.29, 1.82) is 0 Å². The highest BCUT2D eigenvalue weighted by atomic mass is 32.2. The van der Waals surface area contributed by atoms with Crippen LogP contribution in [0, 0.1) is 0 Å². The number of sulfonamides is 1. The Balaban J connectivity index is 2.32. The van der Waals surface area contributed by atoms with Gasteiger partial charge in [-0.3, -0.25) is 4.72 Å². The number of methoxy groups -OCH3 is 4. The molecular weight excluding hydrogens is 390 g/mol. The van der Waals surface area contributed by atoms with E-state index in [-0.39, 0.29) is 0 Å². The Labute approximate surface area is 164 Å². The van der Waals surface area contributed by atoms with Crippen LogP contribution in [0.5, 0.6) is 23.0 Å². The van der Waals surface area contributed by atoms with E-state index in [9.17, 15) is 8.42 Å². The van der Waals surface area contributed by atoms with Gasteiger partial charge in [0, 0.05) is 17.0 Å². The number of rotatable bonds is 8. The van der Waals surface area contributed by atoms with Crippen LogP contribution in [0.25, 0.3) is 6.08 Å². The van der Waals surface area contributed by atoms with Gasteiger partial charge in [0.2, 0.25) is 0 Å². The number of hydrogen-bond donors (Lipinski definition) is 2. The fourth-order valence-corrected chi connectivity index (χ4v) is 3.45. The summed E-state index contributed by atoms with van der Waals surface area (Å²) in [6.07, 6.45) is 1.39. The van der Waals surface area contributed by atoms with E-state index < -0.39 is 10.0 Å². The SMILES string of the molecule is COc1cc(OC)c(C=CS(=O)(=O)Nc2ccc(OC)c(S)c2)c(OC)c1. The Morgan fingerprint density at radius 3 is 1.96 bits per heavy atom. The number of ether oxygens (including phenoxy) is 4. The molecule has 0 fully saturated rings. The third kappa shape index (κ3) is 5.24. The van der Waals surface area contributed by atoms with Crippen LogP contribution in [-0.2, 0) is 10.0 Å². The predicted molar refractivity (Wildman–Crippen MR) is 108 cm³/mol. The first-order valence-corrected chi connectivity index (χ1v) is 9.70. The van der Waals surface area contributed by atoms with Gasteiger partial charge in [-0.1, -0.05) is 0 Å². The van der Waals surface area contributed by atoms with Crippen molar-refractivity contribution in [2.24, 2.45) is 0 Å². The molecule has 0 radical (unpaired) electrons. The van der Waals surface area contributed by atoms with Crippen LogP contribution < -0.4 is 23.7 Å². The monoisotopic (exact) mass is 411 g/mol. The summed E-state index contributed by atoms with van der Waals surface area (Å²) in [6.45, 7) is 0. The van der Waals surface area contributed by atoms with Gasteiger partial charge in [0.25, 0.3) is 10.0 Å². The molecule has 0 unspecified atom stereocenters. The molecule has 2 aromatic rings. The molecular formula is C18H21NO6S2. The summed E-state index contributed by atoms with van der Waals surface area (Å²) >= 11 is 4.25.